The molecule has 1 saturated heterocycles. The van der Waals surface area contributed by atoms with Crippen LogP contribution in [0, 0.1) is 0 Å². The molecule has 0 N–H and O–H groups in total. The van der Waals surface area contributed by atoms with Gasteiger partial charge in [0.15, 0.2) is 0 Å². The fourth-order valence-corrected chi connectivity index (χ4v) is 4.64. The van der Waals surface area contributed by atoms with Crippen molar-refractivity contribution < 1.29 is 9.59 Å². The van der Waals surface area contributed by atoms with Crippen LogP contribution in [0.4, 0.5) is 0 Å². The summed E-state index contributed by atoms with van der Waals surface area (Å²) in [5.74, 6) is -0.0487. The summed E-state index contributed by atoms with van der Waals surface area (Å²) < 4.78 is 0.516. The van der Waals surface area contributed by atoms with Crippen molar-refractivity contribution in [3.05, 3.63) is 75.7 Å². The highest BCUT2D eigenvalue weighted by atomic mass is 35.5. The number of halogens is 1. The predicted octanol–water partition coefficient (Wildman–Crippen LogP) is 5.37. The molecule has 1 heterocycles. The summed E-state index contributed by atoms with van der Waals surface area (Å²) in [6.45, 7) is 3.65. The maximum atomic E-state index is 12.7. The lowest BCUT2D eigenvalue weighted by Crippen LogP contribution is -2.32. The van der Waals surface area contributed by atoms with E-state index in [-0.39, 0.29) is 11.8 Å². The summed E-state index contributed by atoms with van der Waals surface area (Å²) in [6.07, 6.45) is 2.71. The maximum Gasteiger partial charge on any atom is 0.266 e. The van der Waals surface area contributed by atoms with Gasteiger partial charge < -0.3 is 4.90 Å². The van der Waals surface area contributed by atoms with Gasteiger partial charge in [0.2, 0.25) is 5.91 Å². The Labute approximate surface area is 191 Å². The van der Waals surface area contributed by atoms with E-state index in [9.17, 15) is 9.59 Å². The van der Waals surface area contributed by atoms with Crippen LogP contribution in [0.15, 0.2) is 59.5 Å². The van der Waals surface area contributed by atoms with Crippen LogP contribution in [0.1, 0.15) is 30.9 Å². The third-order valence-corrected chi connectivity index (χ3v) is 6.51. The zero-order chi connectivity index (χ0) is 21.5. The molecule has 0 radical (unpaired) electrons. The Hall–Kier alpha value is -2.15. The zero-order valence-corrected chi connectivity index (χ0v) is 19.1. The van der Waals surface area contributed by atoms with Gasteiger partial charge in [-0.15, -0.1) is 0 Å². The van der Waals surface area contributed by atoms with E-state index in [2.05, 4.69) is 0 Å². The second-order valence-electron chi connectivity index (χ2n) is 6.85. The Morgan fingerprint density at radius 2 is 1.87 bits per heavy atom. The molecule has 4 nitrogen and oxygen atoms in total. The van der Waals surface area contributed by atoms with Gasteiger partial charge in [-0.1, -0.05) is 84.1 Å². The number of hydrogen-bond acceptors (Lipinski definition) is 4. The third-order valence-electron chi connectivity index (χ3n) is 4.79. The van der Waals surface area contributed by atoms with Crippen LogP contribution < -0.4 is 0 Å². The standard InChI is InChI=1S/C23H23ClN2O2S2/c1-2-25(16-17-9-4-3-5-10-17)21(27)13-8-14-26-22(28)20(30-23(26)29)15-18-11-6-7-12-19(18)24/h3-7,9-12,15H,2,8,13-14,16H2,1H3/b20-15-. The van der Waals surface area contributed by atoms with Crippen molar-refractivity contribution in [3.8, 4) is 0 Å². The van der Waals surface area contributed by atoms with Gasteiger partial charge >= 0.3 is 0 Å². The normalized spacial score (nSPS) is 15.1. The van der Waals surface area contributed by atoms with Crippen molar-refractivity contribution in [2.75, 3.05) is 13.1 Å². The SMILES string of the molecule is CCN(Cc1ccccc1)C(=O)CCCN1C(=O)/C(=C/c2ccccc2Cl)SC1=S. The molecule has 1 fully saturated rings. The zero-order valence-electron chi connectivity index (χ0n) is 16.7. The van der Waals surface area contributed by atoms with Crippen LogP contribution in [-0.2, 0) is 16.1 Å². The molecular formula is C23H23ClN2O2S2. The first-order valence-electron chi connectivity index (χ1n) is 9.81. The van der Waals surface area contributed by atoms with E-state index >= 15 is 0 Å². The quantitative estimate of drug-likeness (QED) is 0.394. The molecule has 2 amide bonds. The van der Waals surface area contributed by atoms with Crippen LogP contribution in [0.25, 0.3) is 6.08 Å². The molecule has 0 saturated carbocycles. The van der Waals surface area contributed by atoms with Crippen LogP contribution in [0.5, 0.6) is 0 Å². The van der Waals surface area contributed by atoms with Gasteiger partial charge in [0, 0.05) is 31.1 Å². The third kappa shape index (κ3) is 5.72. The molecule has 30 heavy (non-hydrogen) atoms. The minimum atomic E-state index is -0.131. The topological polar surface area (TPSA) is 40.6 Å². The molecule has 2 aromatic carbocycles. The van der Waals surface area contributed by atoms with Gasteiger partial charge in [-0.25, -0.2) is 0 Å². The minimum Gasteiger partial charge on any atom is -0.339 e. The molecule has 0 unspecified atom stereocenters. The van der Waals surface area contributed by atoms with Crippen molar-refractivity contribution in [2.24, 2.45) is 0 Å². The molecular weight excluding hydrogens is 436 g/mol. The second kappa shape index (κ2) is 10.8. The average Bonchev–Trinajstić information content (AvgIpc) is 3.01. The summed E-state index contributed by atoms with van der Waals surface area (Å²) in [5, 5.41) is 0.589. The average molecular weight is 459 g/mol. The number of carbonyl (C=O) groups is 2. The number of nitrogens with zero attached hydrogens (tertiary/aromatic N) is 2. The summed E-state index contributed by atoms with van der Waals surface area (Å²) in [4.78, 5) is 29.3. The van der Waals surface area contributed by atoms with Crippen LogP contribution in [0.2, 0.25) is 5.02 Å². The van der Waals surface area contributed by atoms with Gasteiger partial charge in [-0.3, -0.25) is 14.5 Å². The summed E-state index contributed by atoms with van der Waals surface area (Å²) >= 11 is 12.8. The van der Waals surface area contributed by atoms with Crippen molar-refractivity contribution >= 4 is 57.8 Å². The Bertz CT molecular complexity index is 963. The number of hydrogen-bond donors (Lipinski definition) is 0. The van der Waals surface area contributed by atoms with Crippen molar-refractivity contribution in [3.63, 3.8) is 0 Å². The van der Waals surface area contributed by atoms with Crippen LogP contribution in [0.3, 0.4) is 0 Å². The van der Waals surface area contributed by atoms with E-state index in [1.165, 1.54) is 11.8 Å². The van der Waals surface area contributed by atoms with Crippen molar-refractivity contribution in [1.29, 1.82) is 0 Å². The Balaban J connectivity index is 1.55. The number of amides is 2. The van der Waals surface area contributed by atoms with E-state index in [1.807, 2.05) is 60.4 Å². The van der Waals surface area contributed by atoms with E-state index < -0.39 is 0 Å². The molecule has 2 aromatic rings. The lowest BCUT2D eigenvalue weighted by molar-refractivity contribution is -0.132. The number of carbonyl (C=O) groups excluding carboxylic acids is 2. The largest absolute Gasteiger partial charge is 0.339 e. The van der Waals surface area contributed by atoms with E-state index in [0.717, 1.165) is 11.1 Å². The maximum absolute atomic E-state index is 12.7. The monoisotopic (exact) mass is 458 g/mol. The molecule has 0 bridgehead atoms. The highest BCUT2D eigenvalue weighted by molar-refractivity contribution is 8.26. The smallest absolute Gasteiger partial charge is 0.266 e. The van der Waals surface area contributed by atoms with Crippen molar-refractivity contribution in [1.82, 2.24) is 9.80 Å². The first kappa shape index (κ1) is 22.5. The fourth-order valence-electron chi connectivity index (χ4n) is 3.15. The highest BCUT2D eigenvalue weighted by Gasteiger charge is 2.31. The second-order valence-corrected chi connectivity index (χ2v) is 8.93. The lowest BCUT2D eigenvalue weighted by Gasteiger charge is -2.22. The molecule has 0 spiro atoms. The lowest BCUT2D eigenvalue weighted by atomic mass is 10.2. The van der Waals surface area contributed by atoms with Gasteiger partial charge in [-0.2, -0.15) is 0 Å². The Morgan fingerprint density at radius 3 is 2.57 bits per heavy atom. The molecule has 7 heteroatoms. The number of benzene rings is 2. The first-order valence-corrected chi connectivity index (χ1v) is 11.4. The van der Waals surface area contributed by atoms with Gasteiger partial charge in [0.05, 0.1) is 4.91 Å². The van der Waals surface area contributed by atoms with Crippen LogP contribution in [-0.4, -0.2) is 39.0 Å². The van der Waals surface area contributed by atoms with Gasteiger partial charge in [0.25, 0.3) is 5.91 Å². The van der Waals surface area contributed by atoms with E-state index in [0.29, 0.717) is 46.7 Å². The molecule has 1 aliphatic heterocycles. The molecule has 3 rings (SSSR count). The van der Waals surface area contributed by atoms with E-state index in [4.69, 9.17) is 23.8 Å². The molecule has 1 aliphatic rings. The van der Waals surface area contributed by atoms with Gasteiger partial charge in [0.1, 0.15) is 4.32 Å². The molecule has 0 atom stereocenters. The van der Waals surface area contributed by atoms with Crippen LogP contribution >= 0.6 is 35.6 Å². The fraction of sp³-hybridized carbons (Fsp3) is 0.261. The number of rotatable bonds is 8. The number of thioether (sulfide) groups is 1. The van der Waals surface area contributed by atoms with Crippen molar-refractivity contribution in [2.45, 2.75) is 26.3 Å². The molecule has 0 aliphatic carbocycles. The van der Waals surface area contributed by atoms with E-state index in [1.54, 1.807) is 17.0 Å². The summed E-state index contributed by atoms with van der Waals surface area (Å²) in [6, 6.07) is 17.3. The summed E-state index contributed by atoms with van der Waals surface area (Å²) in [5.41, 5.74) is 1.89. The van der Waals surface area contributed by atoms with Gasteiger partial charge in [-0.05, 0) is 36.6 Å². The number of thiocarbonyl (C=S) groups is 1. The minimum absolute atomic E-state index is 0.0819. The molecule has 0 aromatic heterocycles. The Morgan fingerprint density at radius 1 is 1.17 bits per heavy atom. The first-order chi connectivity index (χ1) is 14.5. The predicted molar refractivity (Wildman–Crippen MR) is 128 cm³/mol. The highest BCUT2D eigenvalue weighted by Crippen LogP contribution is 2.33. The molecule has 156 valence electrons. The Kier molecular flexibility index (Phi) is 8.08. The summed E-state index contributed by atoms with van der Waals surface area (Å²) in [7, 11) is 0.